The van der Waals surface area contributed by atoms with Crippen LogP contribution in [0.3, 0.4) is 0 Å². The van der Waals surface area contributed by atoms with Gasteiger partial charge in [-0.25, -0.2) is 0 Å². The molecule has 0 heterocycles. The molecule has 0 radical (unpaired) electrons. The average Bonchev–Trinajstić information content (AvgIpc) is 2.46. The van der Waals surface area contributed by atoms with Gasteiger partial charge in [0, 0.05) is 12.6 Å². The molecule has 0 aliphatic rings. The first kappa shape index (κ1) is 14.5. The molecule has 0 saturated carbocycles. The summed E-state index contributed by atoms with van der Waals surface area (Å²) in [5.41, 5.74) is 1.90. The van der Waals surface area contributed by atoms with E-state index < -0.39 is 10.9 Å². The van der Waals surface area contributed by atoms with Gasteiger partial charge in [-0.2, -0.15) is 0 Å². The smallest absolute Gasteiger partial charge is 0.307 e. The van der Waals surface area contributed by atoms with Crippen LogP contribution < -0.4 is 5.32 Å². The molecule has 0 unspecified atom stereocenters. The van der Waals surface area contributed by atoms with Crippen LogP contribution in [0, 0.1) is 10.1 Å². The largest absolute Gasteiger partial charge is 0.481 e. The van der Waals surface area contributed by atoms with Crippen molar-refractivity contribution < 1.29 is 14.8 Å². The van der Waals surface area contributed by atoms with Gasteiger partial charge in [0.1, 0.15) is 5.69 Å². The van der Waals surface area contributed by atoms with Crippen molar-refractivity contribution in [3.8, 4) is 0 Å². The fourth-order valence-corrected chi connectivity index (χ4v) is 2.04. The van der Waals surface area contributed by atoms with Crippen molar-refractivity contribution in [2.24, 2.45) is 0 Å². The molecule has 2 rings (SSSR count). The summed E-state index contributed by atoms with van der Waals surface area (Å²) >= 11 is 0. The first-order valence-electron chi connectivity index (χ1n) is 6.34. The molecule has 0 fully saturated rings. The predicted molar refractivity (Wildman–Crippen MR) is 78.2 cm³/mol. The Morgan fingerprint density at radius 1 is 1.10 bits per heavy atom. The van der Waals surface area contributed by atoms with Crippen LogP contribution >= 0.6 is 0 Å². The molecule has 0 saturated heterocycles. The number of hydrogen-bond donors (Lipinski definition) is 2. The minimum Gasteiger partial charge on any atom is -0.481 e. The first-order valence-corrected chi connectivity index (χ1v) is 6.34. The van der Waals surface area contributed by atoms with Crippen LogP contribution in [0.2, 0.25) is 0 Å². The molecule has 0 amide bonds. The van der Waals surface area contributed by atoms with Gasteiger partial charge in [0.2, 0.25) is 0 Å². The normalized spacial score (nSPS) is 10.1. The minimum absolute atomic E-state index is 0.00628. The number of nitrogens with zero attached hydrogens (tertiary/aromatic N) is 1. The maximum absolute atomic E-state index is 10.9. The molecule has 0 aliphatic carbocycles. The Bertz CT molecular complexity index is 670. The van der Waals surface area contributed by atoms with Gasteiger partial charge in [-0.1, -0.05) is 36.4 Å². The Morgan fingerprint density at radius 3 is 2.38 bits per heavy atom. The van der Waals surface area contributed by atoms with E-state index in [-0.39, 0.29) is 12.1 Å². The van der Waals surface area contributed by atoms with E-state index >= 15 is 0 Å². The number of para-hydroxylation sites is 2. The van der Waals surface area contributed by atoms with E-state index in [4.69, 9.17) is 5.11 Å². The van der Waals surface area contributed by atoms with Crippen LogP contribution in [0.15, 0.2) is 48.5 Å². The molecule has 2 N–H and O–H groups in total. The average molecular weight is 286 g/mol. The van der Waals surface area contributed by atoms with Crippen LogP contribution in [0.4, 0.5) is 11.4 Å². The van der Waals surface area contributed by atoms with E-state index in [0.717, 1.165) is 5.56 Å². The number of nitro benzene ring substituents is 1. The lowest BCUT2D eigenvalue weighted by atomic mass is 10.0. The zero-order valence-electron chi connectivity index (χ0n) is 11.2. The van der Waals surface area contributed by atoms with Gasteiger partial charge >= 0.3 is 5.97 Å². The lowest BCUT2D eigenvalue weighted by molar-refractivity contribution is -0.384. The molecule has 0 bridgehead atoms. The molecule has 0 aromatic heterocycles. The molecule has 6 heteroatoms. The van der Waals surface area contributed by atoms with E-state index in [1.807, 2.05) is 6.07 Å². The fourth-order valence-electron chi connectivity index (χ4n) is 2.04. The van der Waals surface area contributed by atoms with E-state index in [9.17, 15) is 14.9 Å². The highest BCUT2D eigenvalue weighted by Gasteiger charge is 2.12. The van der Waals surface area contributed by atoms with Gasteiger partial charge in [0.05, 0.1) is 11.3 Å². The summed E-state index contributed by atoms with van der Waals surface area (Å²) in [6, 6.07) is 13.5. The quantitative estimate of drug-likeness (QED) is 0.629. The zero-order chi connectivity index (χ0) is 15.2. The minimum atomic E-state index is -0.909. The summed E-state index contributed by atoms with van der Waals surface area (Å²) in [5, 5.41) is 22.8. The van der Waals surface area contributed by atoms with Crippen LogP contribution in [0.5, 0.6) is 0 Å². The Morgan fingerprint density at radius 2 is 1.71 bits per heavy atom. The highest BCUT2D eigenvalue weighted by atomic mass is 16.6. The van der Waals surface area contributed by atoms with Crippen molar-refractivity contribution in [3.05, 3.63) is 69.8 Å². The van der Waals surface area contributed by atoms with Crippen LogP contribution in [0.25, 0.3) is 0 Å². The van der Waals surface area contributed by atoms with Crippen LogP contribution in [-0.2, 0) is 17.8 Å². The number of anilines is 1. The molecule has 2 aromatic rings. The maximum atomic E-state index is 10.9. The van der Waals surface area contributed by atoms with E-state index in [0.29, 0.717) is 17.8 Å². The summed E-state index contributed by atoms with van der Waals surface area (Å²) in [5.74, 6) is -0.909. The zero-order valence-corrected chi connectivity index (χ0v) is 11.2. The number of carbonyl (C=O) groups is 1. The maximum Gasteiger partial charge on any atom is 0.307 e. The molecular formula is C15H14N2O4. The van der Waals surface area contributed by atoms with Crippen molar-refractivity contribution in [1.82, 2.24) is 0 Å². The second-order valence-electron chi connectivity index (χ2n) is 4.47. The fraction of sp³-hybridized carbons (Fsp3) is 0.133. The summed E-state index contributed by atoms with van der Waals surface area (Å²) in [6.45, 7) is 0.328. The second-order valence-corrected chi connectivity index (χ2v) is 4.47. The lowest BCUT2D eigenvalue weighted by Gasteiger charge is -2.10. The highest BCUT2D eigenvalue weighted by molar-refractivity contribution is 5.71. The van der Waals surface area contributed by atoms with Crippen molar-refractivity contribution >= 4 is 17.3 Å². The number of nitro groups is 1. The van der Waals surface area contributed by atoms with Crippen molar-refractivity contribution in [2.45, 2.75) is 13.0 Å². The number of carboxylic acid groups (broad SMARTS) is 1. The molecule has 108 valence electrons. The lowest BCUT2D eigenvalue weighted by Crippen LogP contribution is -2.08. The molecule has 0 atom stereocenters. The number of aliphatic carboxylic acids is 1. The molecule has 6 nitrogen and oxygen atoms in total. The third-order valence-corrected chi connectivity index (χ3v) is 3.03. The molecule has 21 heavy (non-hydrogen) atoms. The van der Waals surface area contributed by atoms with Gasteiger partial charge in [0.25, 0.3) is 5.69 Å². The van der Waals surface area contributed by atoms with Gasteiger partial charge in [-0.3, -0.25) is 14.9 Å². The Kier molecular flexibility index (Phi) is 4.50. The van der Waals surface area contributed by atoms with Gasteiger partial charge < -0.3 is 10.4 Å². The summed E-state index contributed by atoms with van der Waals surface area (Å²) < 4.78 is 0. The number of carboxylic acids is 1. The van der Waals surface area contributed by atoms with Crippen molar-refractivity contribution in [3.63, 3.8) is 0 Å². The summed E-state index contributed by atoms with van der Waals surface area (Å²) in [7, 11) is 0. The van der Waals surface area contributed by atoms with Gasteiger partial charge in [-0.15, -0.1) is 0 Å². The summed E-state index contributed by atoms with van der Waals surface area (Å²) in [6.07, 6.45) is -0.0747. The number of nitrogens with one attached hydrogen (secondary N) is 1. The van der Waals surface area contributed by atoms with Crippen molar-refractivity contribution in [1.29, 1.82) is 0 Å². The predicted octanol–water partition coefficient (Wildman–Crippen LogP) is 2.83. The monoisotopic (exact) mass is 286 g/mol. The van der Waals surface area contributed by atoms with E-state index in [2.05, 4.69) is 5.32 Å². The topological polar surface area (TPSA) is 92.5 Å². The number of hydrogen-bond acceptors (Lipinski definition) is 4. The van der Waals surface area contributed by atoms with Gasteiger partial charge in [-0.05, 0) is 17.2 Å². The standard InChI is InChI=1S/C15H14N2O4/c18-15(19)9-11-5-1-2-6-12(11)10-16-13-7-3-4-8-14(13)17(20)21/h1-8,16H,9-10H2,(H,18,19). The Hall–Kier alpha value is -2.89. The third-order valence-electron chi connectivity index (χ3n) is 3.03. The van der Waals surface area contributed by atoms with Crippen LogP contribution in [0.1, 0.15) is 11.1 Å². The Labute approximate surface area is 121 Å². The third kappa shape index (κ3) is 3.79. The number of benzene rings is 2. The van der Waals surface area contributed by atoms with E-state index in [1.54, 1.807) is 36.4 Å². The number of rotatable bonds is 6. The van der Waals surface area contributed by atoms with Crippen LogP contribution in [-0.4, -0.2) is 16.0 Å². The molecule has 2 aromatic carbocycles. The molecule has 0 aliphatic heterocycles. The molecular weight excluding hydrogens is 272 g/mol. The highest BCUT2D eigenvalue weighted by Crippen LogP contribution is 2.24. The van der Waals surface area contributed by atoms with E-state index in [1.165, 1.54) is 6.07 Å². The SMILES string of the molecule is O=C(O)Cc1ccccc1CNc1ccccc1[N+](=O)[O-]. The van der Waals surface area contributed by atoms with Crippen molar-refractivity contribution in [2.75, 3.05) is 5.32 Å². The molecule has 0 spiro atoms. The first-order chi connectivity index (χ1) is 10.1. The second kappa shape index (κ2) is 6.51. The summed E-state index contributed by atoms with van der Waals surface area (Å²) in [4.78, 5) is 21.3. The van der Waals surface area contributed by atoms with Gasteiger partial charge in [0.15, 0.2) is 0 Å². The Balaban J connectivity index is 2.17.